The van der Waals surface area contributed by atoms with Crippen molar-refractivity contribution in [3.8, 4) is 0 Å². The fraction of sp³-hybridized carbons (Fsp3) is 0.222. The second-order valence-electron chi connectivity index (χ2n) is 5.81. The van der Waals surface area contributed by atoms with Crippen LogP contribution in [0.5, 0.6) is 0 Å². The van der Waals surface area contributed by atoms with Crippen LogP contribution < -0.4 is 0 Å². The number of hydrogen-bond donors (Lipinski definition) is 0. The highest BCUT2D eigenvalue weighted by Crippen LogP contribution is 2.32. The van der Waals surface area contributed by atoms with E-state index < -0.39 is 15.6 Å². The van der Waals surface area contributed by atoms with Crippen molar-refractivity contribution in [3.63, 3.8) is 0 Å². The molecule has 1 amide bonds. The summed E-state index contributed by atoms with van der Waals surface area (Å²) in [6.07, 6.45) is 1.67. The maximum atomic E-state index is 13.2. The lowest BCUT2D eigenvalue weighted by atomic mass is 10.2. The van der Waals surface area contributed by atoms with Crippen LogP contribution in [0.3, 0.4) is 0 Å². The third-order valence-electron chi connectivity index (χ3n) is 3.95. The number of amides is 1. The monoisotopic (exact) mass is 359 g/mol. The molecular weight excluding hydrogens is 341 g/mol. The van der Waals surface area contributed by atoms with Crippen molar-refractivity contribution in [2.75, 3.05) is 13.6 Å². The molecular formula is C18H18FN3O2S. The molecule has 5 nitrogen and oxygen atoms in total. The third kappa shape index (κ3) is 3.61. The van der Waals surface area contributed by atoms with E-state index in [4.69, 9.17) is 0 Å². The molecule has 0 radical (unpaired) electrons. The highest BCUT2D eigenvalue weighted by atomic mass is 32.2. The molecule has 3 rings (SSSR count). The summed E-state index contributed by atoms with van der Waals surface area (Å²) in [4.78, 5) is 18.8. The van der Waals surface area contributed by atoms with Gasteiger partial charge in [-0.3, -0.25) is 4.79 Å². The Morgan fingerprint density at radius 3 is 2.64 bits per heavy atom. The molecule has 130 valence electrons. The van der Waals surface area contributed by atoms with Gasteiger partial charge in [-0.05, 0) is 42.8 Å². The summed E-state index contributed by atoms with van der Waals surface area (Å²) in [6, 6.07) is 10.7. The van der Waals surface area contributed by atoms with E-state index in [0.717, 1.165) is 6.54 Å². The zero-order valence-electron chi connectivity index (χ0n) is 14.0. The zero-order chi connectivity index (χ0) is 18.0. The predicted molar refractivity (Wildman–Crippen MR) is 96.2 cm³/mol. The summed E-state index contributed by atoms with van der Waals surface area (Å²) in [5.74, 6) is -0.784. The maximum Gasteiger partial charge on any atom is 0.286 e. The third-order valence-corrected chi connectivity index (χ3v) is 6.17. The van der Waals surface area contributed by atoms with E-state index in [-0.39, 0.29) is 11.6 Å². The van der Waals surface area contributed by atoms with Gasteiger partial charge in [0.25, 0.3) is 5.91 Å². The summed E-state index contributed by atoms with van der Waals surface area (Å²) in [6.45, 7) is 2.82. The molecule has 1 aliphatic heterocycles. The summed E-state index contributed by atoms with van der Waals surface area (Å²) in [5, 5.41) is 0. The fourth-order valence-corrected chi connectivity index (χ4v) is 4.54. The number of aliphatic imine (C=N–C) groups is 1. The Labute approximate surface area is 146 Å². The van der Waals surface area contributed by atoms with Crippen molar-refractivity contribution in [1.82, 2.24) is 4.90 Å². The van der Waals surface area contributed by atoms with Crippen molar-refractivity contribution < 1.29 is 13.4 Å². The first-order chi connectivity index (χ1) is 11.9. The maximum absolute atomic E-state index is 13.2. The number of fused-ring (bicyclic) bond motifs is 1. The number of rotatable bonds is 5. The number of nitrogens with zero attached hydrogens (tertiary/aromatic N) is 3. The molecule has 2 aromatic carbocycles. The van der Waals surface area contributed by atoms with Crippen LogP contribution in [0.25, 0.3) is 0 Å². The van der Waals surface area contributed by atoms with E-state index in [1.165, 1.54) is 12.1 Å². The predicted octanol–water partition coefficient (Wildman–Crippen LogP) is 3.62. The molecule has 0 spiro atoms. The minimum Gasteiger partial charge on any atom is -0.366 e. The number of halogens is 1. The second-order valence-corrected chi connectivity index (χ2v) is 8.00. The SMILES string of the molecule is CCN(C)/C=N/c1ccc2c(c1)C(=O)N=S2(=O)Cc1ccc(F)cc1. The van der Waals surface area contributed by atoms with E-state index in [1.54, 1.807) is 36.7 Å². The molecule has 0 aromatic heterocycles. The van der Waals surface area contributed by atoms with Crippen LogP contribution in [0.4, 0.5) is 10.1 Å². The topological polar surface area (TPSA) is 62.1 Å². The number of benzene rings is 2. The highest BCUT2D eigenvalue weighted by Gasteiger charge is 2.29. The van der Waals surface area contributed by atoms with Crippen LogP contribution in [0.15, 0.2) is 56.7 Å². The van der Waals surface area contributed by atoms with E-state index in [1.807, 2.05) is 18.9 Å². The first-order valence-electron chi connectivity index (χ1n) is 7.83. The lowest BCUT2D eigenvalue weighted by molar-refractivity contribution is 0.101. The van der Waals surface area contributed by atoms with Crippen molar-refractivity contribution in [2.24, 2.45) is 9.36 Å². The van der Waals surface area contributed by atoms with Gasteiger partial charge in [0.1, 0.15) is 5.82 Å². The van der Waals surface area contributed by atoms with Gasteiger partial charge in [0.05, 0.1) is 38.0 Å². The van der Waals surface area contributed by atoms with Crippen molar-refractivity contribution in [1.29, 1.82) is 0 Å². The van der Waals surface area contributed by atoms with Crippen molar-refractivity contribution in [3.05, 3.63) is 59.4 Å². The van der Waals surface area contributed by atoms with E-state index in [2.05, 4.69) is 9.36 Å². The minimum atomic E-state index is -2.89. The molecule has 0 N–H and O–H groups in total. The molecule has 1 heterocycles. The van der Waals surface area contributed by atoms with Gasteiger partial charge in [-0.2, -0.15) is 4.36 Å². The molecule has 1 unspecified atom stereocenters. The van der Waals surface area contributed by atoms with Crippen LogP contribution in [0.2, 0.25) is 0 Å². The Kier molecular flexibility index (Phi) is 4.67. The Morgan fingerprint density at radius 2 is 1.96 bits per heavy atom. The normalized spacial score (nSPS) is 19.1. The Hall–Kier alpha value is -2.54. The lowest BCUT2D eigenvalue weighted by Gasteiger charge is -2.09. The molecule has 0 saturated heterocycles. The quantitative estimate of drug-likeness (QED) is 0.605. The molecule has 1 aliphatic rings. The van der Waals surface area contributed by atoms with Gasteiger partial charge in [0.2, 0.25) is 0 Å². The Bertz CT molecular complexity index is 961. The largest absolute Gasteiger partial charge is 0.366 e. The van der Waals surface area contributed by atoms with Gasteiger partial charge < -0.3 is 4.90 Å². The summed E-state index contributed by atoms with van der Waals surface area (Å²) < 4.78 is 30.1. The van der Waals surface area contributed by atoms with Gasteiger partial charge in [-0.25, -0.2) is 13.6 Å². The number of carbonyl (C=O) groups excluding carboxylic acids is 1. The van der Waals surface area contributed by atoms with E-state index in [0.29, 0.717) is 21.7 Å². The summed E-state index contributed by atoms with van der Waals surface area (Å²) >= 11 is 0. The Balaban J connectivity index is 1.93. The highest BCUT2D eigenvalue weighted by molar-refractivity contribution is 7.93. The van der Waals surface area contributed by atoms with Crippen LogP contribution in [-0.2, 0) is 15.5 Å². The van der Waals surface area contributed by atoms with Gasteiger partial charge in [0, 0.05) is 13.6 Å². The van der Waals surface area contributed by atoms with Crippen LogP contribution in [0.1, 0.15) is 22.8 Å². The number of hydrogen-bond acceptors (Lipinski definition) is 3. The molecule has 25 heavy (non-hydrogen) atoms. The van der Waals surface area contributed by atoms with Gasteiger partial charge in [-0.15, -0.1) is 0 Å². The molecule has 7 heteroatoms. The Morgan fingerprint density at radius 1 is 1.24 bits per heavy atom. The molecule has 0 fully saturated rings. The zero-order valence-corrected chi connectivity index (χ0v) is 14.8. The lowest BCUT2D eigenvalue weighted by Crippen LogP contribution is -2.14. The first-order valence-corrected chi connectivity index (χ1v) is 9.52. The molecule has 0 saturated carbocycles. The average molecular weight is 359 g/mol. The first kappa shape index (κ1) is 17.3. The van der Waals surface area contributed by atoms with Gasteiger partial charge >= 0.3 is 0 Å². The van der Waals surface area contributed by atoms with Crippen LogP contribution >= 0.6 is 0 Å². The summed E-state index contributed by atoms with van der Waals surface area (Å²) in [5.41, 5.74) is 1.59. The molecule has 0 bridgehead atoms. The van der Waals surface area contributed by atoms with Crippen LogP contribution in [-0.4, -0.2) is 34.9 Å². The van der Waals surface area contributed by atoms with Crippen molar-refractivity contribution in [2.45, 2.75) is 17.6 Å². The smallest absolute Gasteiger partial charge is 0.286 e. The average Bonchev–Trinajstić information content (AvgIpc) is 2.85. The van der Waals surface area contributed by atoms with Crippen molar-refractivity contribution >= 4 is 27.7 Å². The number of carbonyl (C=O) groups is 1. The fourth-order valence-electron chi connectivity index (χ4n) is 2.44. The molecule has 0 aliphatic carbocycles. The molecule has 1 atom stereocenters. The van der Waals surface area contributed by atoms with Gasteiger partial charge in [-0.1, -0.05) is 12.1 Å². The van der Waals surface area contributed by atoms with E-state index in [9.17, 15) is 13.4 Å². The van der Waals surface area contributed by atoms with E-state index >= 15 is 0 Å². The molecule has 2 aromatic rings. The summed E-state index contributed by atoms with van der Waals surface area (Å²) in [7, 11) is -0.994. The minimum absolute atomic E-state index is 0.0766. The van der Waals surface area contributed by atoms with Crippen LogP contribution in [0, 0.1) is 5.82 Å². The standard InChI is InChI=1S/C18H18FN3O2S/c1-3-22(2)12-20-15-8-9-17-16(10-15)18(23)21-25(17,24)11-13-4-6-14(19)7-5-13/h4-10,12H,3,11H2,1-2H3/b20-12+. The second kappa shape index (κ2) is 6.76. The van der Waals surface area contributed by atoms with Gasteiger partial charge in [0.15, 0.2) is 0 Å².